The van der Waals surface area contributed by atoms with E-state index in [0.29, 0.717) is 5.71 Å². The molecule has 39 heavy (non-hydrogen) atoms. The third-order valence-corrected chi connectivity index (χ3v) is 6.79. The summed E-state index contributed by atoms with van der Waals surface area (Å²) < 4.78 is 2.34. The van der Waals surface area contributed by atoms with E-state index in [4.69, 9.17) is 5.41 Å². The predicted molar refractivity (Wildman–Crippen MR) is 167 cm³/mol. The van der Waals surface area contributed by atoms with Crippen molar-refractivity contribution in [3.63, 3.8) is 0 Å². The minimum Gasteiger partial charge on any atom is -0.377 e. The van der Waals surface area contributed by atoms with Crippen molar-refractivity contribution in [1.29, 1.82) is 5.41 Å². The molecule has 0 fully saturated rings. The summed E-state index contributed by atoms with van der Waals surface area (Å²) in [7, 11) is 3.99. The predicted octanol–water partition coefficient (Wildman–Crippen LogP) is 8.75. The number of allylic oxidation sites excluding steroid dienone is 1. The van der Waals surface area contributed by atoms with E-state index in [0.717, 1.165) is 16.8 Å². The Kier molecular flexibility index (Phi) is 7.70. The fourth-order valence-electron chi connectivity index (χ4n) is 4.81. The number of aromatic nitrogens is 1. The zero-order valence-corrected chi connectivity index (χ0v) is 22.7. The van der Waals surface area contributed by atoms with Gasteiger partial charge in [0.15, 0.2) is 0 Å². The second kappa shape index (κ2) is 11.7. The van der Waals surface area contributed by atoms with Gasteiger partial charge in [-0.3, -0.25) is 0 Å². The number of hydrogen-bond acceptors (Lipinski definition) is 2. The number of para-hydroxylation sites is 2. The molecule has 3 nitrogen and oxygen atoms in total. The van der Waals surface area contributed by atoms with Crippen LogP contribution in [-0.4, -0.2) is 29.3 Å². The van der Waals surface area contributed by atoms with Crippen molar-refractivity contribution in [2.75, 3.05) is 14.1 Å². The van der Waals surface area contributed by atoms with Crippen molar-refractivity contribution >= 4 is 33.2 Å². The quantitative estimate of drug-likeness (QED) is 0.232. The molecule has 0 aliphatic rings. The summed E-state index contributed by atoms with van der Waals surface area (Å²) >= 11 is 0. The largest absolute Gasteiger partial charge is 0.377 e. The molecule has 0 saturated carbocycles. The molecule has 1 N–H and O–H groups in total. The minimum atomic E-state index is 0.521. The molecule has 6 aromatic rings. The fourth-order valence-corrected chi connectivity index (χ4v) is 4.81. The van der Waals surface area contributed by atoms with Gasteiger partial charge in [-0.15, -0.1) is 0 Å². The first-order valence-corrected chi connectivity index (χ1v) is 13.2. The molecule has 0 radical (unpaired) electrons. The van der Waals surface area contributed by atoms with Crippen LogP contribution in [0.2, 0.25) is 0 Å². The number of aryl methyl sites for hydroxylation is 1. The van der Waals surface area contributed by atoms with E-state index >= 15 is 0 Å². The first-order chi connectivity index (χ1) is 19.0. The molecule has 0 atom stereocenters. The Morgan fingerprint density at radius 3 is 1.56 bits per heavy atom. The topological polar surface area (TPSA) is 32.0 Å². The van der Waals surface area contributed by atoms with Gasteiger partial charge in [-0.25, -0.2) is 0 Å². The lowest BCUT2D eigenvalue weighted by atomic mass is 10.1. The van der Waals surface area contributed by atoms with Crippen molar-refractivity contribution in [3.05, 3.63) is 156 Å². The van der Waals surface area contributed by atoms with E-state index < -0.39 is 0 Å². The molecular weight excluding hydrogens is 474 g/mol. The number of benzene rings is 5. The van der Waals surface area contributed by atoms with Gasteiger partial charge in [-0.2, -0.15) is 0 Å². The Bertz CT molecular complexity index is 1670. The molecule has 0 aliphatic heterocycles. The van der Waals surface area contributed by atoms with Gasteiger partial charge in [-0.1, -0.05) is 115 Å². The van der Waals surface area contributed by atoms with Crippen LogP contribution in [0.4, 0.5) is 0 Å². The fraction of sp³-hybridized carbons (Fsp3) is 0.0833. The third kappa shape index (κ3) is 5.68. The zero-order chi connectivity index (χ0) is 27.2. The third-order valence-electron chi connectivity index (χ3n) is 6.79. The van der Waals surface area contributed by atoms with Crippen LogP contribution in [0.5, 0.6) is 0 Å². The smallest absolute Gasteiger partial charge is 0.0633 e. The summed E-state index contributed by atoms with van der Waals surface area (Å²) in [5.41, 5.74) is 8.63. The zero-order valence-electron chi connectivity index (χ0n) is 22.7. The second-order valence-corrected chi connectivity index (χ2v) is 9.77. The highest BCUT2D eigenvalue weighted by molar-refractivity contribution is 6.10. The average Bonchev–Trinajstić information content (AvgIpc) is 3.32. The van der Waals surface area contributed by atoms with Gasteiger partial charge < -0.3 is 14.9 Å². The number of fused-ring (bicyclic) bond motifs is 3. The van der Waals surface area contributed by atoms with Gasteiger partial charge in [0.2, 0.25) is 0 Å². The van der Waals surface area contributed by atoms with Gasteiger partial charge in [0.05, 0.1) is 16.7 Å². The van der Waals surface area contributed by atoms with E-state index in [1.165, 1.54) is 33.1 Å². The maximum atomic E-state index is 8.20. The molecular formula is C36H33N3. The summed E-state index contributed by atoms with van der Waals surface area (Å²) in [4.78, 5) is 2.03. The maximum absolute atomic E-state index is 8.20. The van der Waals surface area contributed by atoms with Crippen LogP contribution in [0.25, 0.3) is 33.2 Å². The molecule has 0 saturated heterocycles. The highest BCUT2D eigenvalue weighted by Gasteiger charge is 2.10. The molecule has 0 aliphatic carbocycles. The number of hydrogen-bond donors (Lipinski definition) is 1. The van der Waals surface area contributed by atoms with Crippen LogP contribution in [0, 0.1) is 12.3 Å². The summed E-state index contributed by atoms with van der Waals surface area (Å²) in [5.74, 6) is 0. The van der Waals surface area contributed by atoms with Crippen LogP contribution in [-0.2, 0) is 0 Å². The SMILES string of the molecule is CN(C)/C(=C\C(=N)c1ccccc1)c1ccccc1.Cc1ccc(-n2c3ccccc3c3ccccc32)cc1. The first kappa shape index (κ1) is 25.7. The van der Waals surface area contributed by atoms with Crippen molar-refractivity contribution in [2.45, 2.75) is 6.92 Å². The number of nitrogens with one attached hydrogen (secondary N) is 1. The lowest BCUT2D eigenvalue weighted by molar-refractivity contribution is 0.592. The van der Waals surface area contributed by atoms with Crippen LogP contribution < -0.4 is 0 Å². The molecule has 6 rings (SSSR count). The van der Waals surface area contributed by atoms with Gasteiger partial charge in [-0.05, 0) is 48.4 Å². The molecule has 0 bridgehead atoms. The van der Waals surface area contributed by atoms with Crippen molar-refractivity contribution in [1.82, 2.24) is 9.47 Å². The number of rotatable bonds is 5. The Morgan fingerprint density at radius 1 is 0.590 bits per heavy atom. The van der Waals surface area contributed by atoms with Gasteiger partial charge in [0.25, 0.3) is 0 Å². The highest BCUT2D eigenvalue weighted by Crippen LogP contribution is 2.31. The standard InChI is InChI=1S/C19H15N.C17H18N2/c1-14-10-12-15(13-11-14)20-18-8-4-2-6-16(18)17-7-3-5-9-19(17)20;1-19(2)17(15-11-7-4-8-12-15)13-16(18)14-9-5-3-6-10-14/h2-13H,1H3;3-13,18H,1-2H3/b;17-13-,18-16?. The minimum absolute atomic E-state index is 0.521. The van der Waals surface area contributed by atoms with E-state index in [-0.39, 0.29) is 0 Å². The Morgan fingerprint density at radius 2 is 1.05 bits per heavy atom. The summed E-state index contributed by atoms with van der Waals surface area (Å²) in [6.45, 7) is 2.12. The van der Waals surface area contributed by atoms with Gasteiger partial charge >= 0.3 is 0 Å². The molecule has 0 unspecified atom stereocenters. The first-order valence-electron chi connectivity index (χ1n) is 13.2. The van der Waals surface area contributed by atoms with Gasteiger partial charge in [0, 0.05) is 36.3 Å². The Labute approximate surface area is 230 Å². The molecule has 1 heterocycles. The Hall–Kier alpha value is -4.89. The normalized spacial score (nSPS) is 11.2. The average molecular weight is 508 g/mol. The summed E-state index contributed by atoms with van der Waals surface area (Å²) in [6, 6.07) is 45.8. The van der Waals surface area contributed by atoms with Crippen molar-refractivity contribution < 1.29 is 0 Å². The van der Waals surface area contributed by atoms with Crippen LogP contribution in [0.15, 0.2) is 140 Å². The monoisotopic (exact) mass is 507 g/mol. The lowest BCUT2D eigenvalue weighted by Crippen LogP contribution is -2.12. The van der Waals surface area contributed by atoms with E-state index in [9.17, 15) is 0 Å². The molecule has 0 spiro atoms. The van der Waals surface area contributed by atoms with Crippen LogP contribution in [0.1, 0.15) is 16.7 Å². The van der Waals surface area contributed by atoms with Gasteiger partial charge in [0.1, 0.15) is 0 Å². The van der Waals surface area contributed by atoms with Crippen molar-refractivity contribution in [3.8, 4) is 5.69 Å². The van der Waals surface area contributed by atoms with Crippen LogP contribution in [0.3, 0.4) is 0 Å². The second-order valence-electron chi connectivity index (χ2n) is 9.77. The number of nitrogens with zero attached hydrogens (tertiary/aromatic N) is 2. The van der Waals surface area contributed by atoms with Crippen molar-refractivity contribution in [2.24, 2.45) is 0 Å². The van der Waals surface area contributed by atoms with E-state index in [1.807, 2.05) is 73.6 Å². The molecule has 192 valence electrons. The van der Waals surface area contributed by atoms with E-state index in [2.05, 4.69) is 96.4 Å². The lowest BCUT2D eigenvalue weighted by Gasteiger charge is -2.18. The van der Waals surface area contributed by atoms with E-state index in [1.54, 1.807) is 0 Å². The molecule has 0 amide bonds. The summed E-state index contributed by atoms with van der Waals surface area (Å²) in [6.07, 6.45) is 1.91. The molecule has 5 aromatic carbocycles. The molecule has 3 heteroatoms. The highest BCUT2D eigenvalue weighted by atomic mass is 15.1. The molecule has 1 aromatic heterocycles. The summed E-state index contributed by atoms with van der Waals surface area (Å²) in [5, 5.41) is 10.8. The van der Waals surface area contributed by atoms with Crippen LogP contribution >= 0.6 is 0 Å². The Balaban J connectivity index is 0.000000158. The maximum Gasteiger partial charge on any atom is 0.0633 e.